The molecule has 16 heavy (non-hydrogen) atoms. The topological polar surface area (TPSA) is 29.3 Å². The second kappa shape index (κ2) is 5.92. The van der Waals surface area contributed by atoms with E-state index in [0.717, 1.165) is 25.2 Å². The maximum absolute atomic E-state index is 13.4. The summed E-state index contributed by atoms with van der Waals surface area (Å²) in [4.78, 5) is 2.08. The number of hydrogen-bond donors (Lipinski definition) is 1. The lowest BCUT2D eigenvalue weighted by molar-refractivity contribution is 0.282. The summed E-state index contributed by atoms with van der Waals surface area (Å²) in [5, 5.41) is 0. The number of nitrogens with two attached hydrogens (primary N) is 1. The molecule has 1 aromatic rings. The predicted molar refractivity (Wildman–Crippen MR) is 61.1 cm³/mol. The molecule has 0 aliphatic carbocycles. The third kappa shape index (κ3) is 3.25. The van der Waals surface area contributed by atoms with Crippen LogP contribution >= 0.6 is 0 Å². The zero-order chi connectivity index (χ0) is 12.1. The summed E-state index contributed by atoms with van der Waals surface area (Å²) in [7, 11) is 0. The first kappa shape index (κ1) is 13.1. The van der Waals surface area contributed by atoms with Gasteiger partial charge < -0.3 is 10.6 Å². The van der Waals surface area contributed by atoms with Gasteiger partial charge in [0.25, 0.3) is 0 Å². The number of nitrogens with zero attached hydrogens (tertiary/aromatic N) is 1. The van der Waals surface area contributed by atoms with Gasteiger partial charge in [0.15, 0.2) is 0 Å². The Bertz CT molecular complexity index is 338. The van der Waals surface area contributed by atoms with Crippen molar-refractivity contribution in [2.45, 2.75) is 19.9 Å². The van der Waals surface area contributed by atoms with Crippen LogP contribution in [0.2, 0.25) is 0 Å². The summed E-state index contributed by atoms with van der Waals surface area (Å²) >= 11 is 0. The van der Waals surface area contributed by atoms with E-state index in [0.29, 0.717) is 6.54 Å². The molecule has 0 aliphatic rings. The fraction of sp³-hybridized carbons (Fsp3) is 0.500. The van der Waals surface area contributed by atoms with E-state index in [1.165, 1.54) is 6.07 Å². The minimum atomic E-state index is -0.490. The normalized spacial score (nSPS) is 13.1. The van der Waals surface area contributed by atoms with Gasteiger partial charge in [-0.25, -0.2) is 8.78 Å². The van der Waals surface area contributed by atoms with Gasteiger partial charge in [-0.1, -0.05) is 13.8 Å². The first-order valence-electron chi connectivity index (χ1n) is 5.51. The summed E-state index contributed by atoms with van der Waals surface area (Å²) in [5.41, 5.74) is 6.11. The zero-order valence-corrected chi connectivity index (χ0v) is 9.71. The standard InChI is InChI=1S/C12H18F2N2/c1-3-16(4-2)8-12(15)10-7-9(13)5-6-11(10)14/h5-7,12H,3-4,8,15H2,1-2H3. The van der Waals surface area contributed by atoms with Crippen molar-refractivity contribution < 1.29 is 8.78 Å². The maximum Gasteiger partial charge on any atom is 0.128 e. The zero-order valence-electron chi connectivity index (χ0n) is 9.71. The SMILES string of the molecule is CCN(CC)CC(N)c1cc(F)ccc1F. The van der Waals surface area contributed by atoms with Gasteiger partial charge in [-0.05, 0) is 31.3 Å². The molecule has 1 atom stereocenters. The van der Waals surface area contributed by atoms with Crippen molar-refractivity contribution in [1.29, 1.82) is 0 Å². The lowest BCUT2D eigenvalue weighted by atomic mass is 10.1. The Morgan fingerprint density at radius 3 is 2.44 bits per heavy atom. The van der Waals surface area contributed by atoms with E-state index in [2.05, 4.69) is 4.90 Å². The highest BCUT2D eigenvalue weighted by atomic mass is 19.1. The summed E-state index contributed by atoms with van der Waals surface area (Å²) in [6.07, 6.45) is 0. The van der Waals surface area contributed by atoms with Gasteiger partial charge in [0.2, 0.25) is 0 Å². The van der Waals surface area contributed by atoms with E-state index in [-0.39, 0.29) is 5.56 Å². The second-order valence-electron chi connectivity index (χ2n) is 3.76. The van der Waals surface area contributed by atoms with Crippen molar-refractivity contribution in [3.05, 3.63) is 35.4 Å². The smallest absolute Gasteiger partial charge is 0.128 e. The highest BCUT2D eigenvalue weighted by Gasteiger charge is 2.14. The van der Waals surface area contributed by atoms with Gasteiger partial charge in [0.05, 0.1) is 0 Å². The van der Waals surface area contributed by atoms with Crippen LogP contribution in [0.25, 0.3) is 0 Å². The van der Waals surface area contributed by atoms with Gasteiger partial charge in [0.1, 0.15) is 11.6 Å². The minimum absolute atomic E-state index is 0.243. The number of likely N-dealkylation sites (N-methyl/N-ethyl adjacent to an activating group) is 1. The van der Waals surface area contributed by atoms with Gasteiger partial charge in [-0.15, -0.1) is 0 Å². The first-order chi connectivity index (χ1) is 7.58. The third-order valence-corrected chi connectivity index (χ3v) is 2.71. The van der Waals surface area contributed by atoms with Crippen molar-refractivity contribution >= 4 is 0 Å². The molecule has 0 heterocycles. The number of rotatable bonds is 5. The van der Waals surface area contributed by atoms with E-state index in [4.69, 9.17) is 5.73 Å². The monoisotopic (exact) mass is 228 g/mol. The van der Waals surface area contributed by atoms with Gasteiger partial charge in [0, 0.05) is 18.2 Å². The molecule has 1 aromatic carbocycles. The van der Waals surface area contributed by atoms with Crippen LogP contribution in [0.3, 0.4) is 0 Å². The summed E-state index contributed by atoms with van der Waals surface area (Å²) < 4.78 is 26.4. The van der Waals surface area contributed by atoms with E-state index in [1.54, 1.807) is 0 Å². The molecular weight excluding hydrogens is 210 g/mol. The van der Waals surface area contributed by atoms with Crippen molar-refractivity contribution in [1.82, 2.24) is 4.90 Å². The van der Waals surface area contributed by atoms with E-state index in [1.807, 2.05) is 13.8 Å². The van der Waals surface area contributed by atoms with Crippen LogP contribution in [0.4, 0.5) is 8.78 Å². The van der Waals surface area contributed by atoms with Crippen LogP contribution in [0, 0.1) is 11.6 Å². The molecule has 1 unspecified atom stereocenters. The van der Waals surface area contributed by atoms with Gasteiger partial charge in [-0.3, -0.25) is 0 Å². The average Bonchev–Trinajstić information content (AvgIpc) is 2.28. The lowest BCUT2D eigenvalue weighted by Gasteiger charge is -2.23. The van der Waals surface area contributed by atoms with Crippen LogP contribution in [-0.4, -0.2) is 24.5 Å². The molecule has 0 saturated carbocycles. The molecule has 2 nitrogen and oxygen atoms in total. The Morgan fingerprint density at radius 2 is 1.88 bits per heavy atom. The minimum Gasteiger partial charge on any atom is -0.323 e. The van der Waals surface area contributed by atoms with E-state index in [9.17, 15) is 8.78 Å². The molecule has 4 heteroatoms. The highest BCUT2D eigenvalue weighted by Crippen LogP contribution is 2.17. The maximum atomic E-state index is 13.4. The Hall–Kier alpha value is -1.00. The van der Waals surface area contributed by atoms with Crippen molar-refractivity contribution in [2.75, 3.05) is 19.6 Å². The summed E-state index contributed by atoms with van der Waals surface area (Å²) in [6, 6.07) is 2.90. The number of halogens is 2. The Kier molecular flexibility index (Phi) is 4.83. The quantitative estimate of drug-likeness (QED) is 0.838. The van der Waals surface area contributed by atoms with Crippen LogP contribution in [-0.2, 0) is 0 Å². The Morgan fingerprint density at radius 1 is 1.25 bits per heavy atom. The van der Waals surface area contributed by atoms with Crippen molar-refractivity contribution in [3.8, 4) is 0 Å². The lowest BCUT2D eigenvalue weighted by Crippen LogP contribution is -2.32. The van der Waals surface area contributed by atoms with Crippen LogP contribution in [0.5, 0.6) is 0 Å². The highest BCUT2D eigenvalue weighted by molar-refractivity contribution is 5.22. The molecule has 90 valence electrons. The van der Waals surface area contributed by atoms with Gasteiger partial charge in [-0.2, -0.15) is 0 Å². The molecule has 2 N–H and O–H groups in total. The molecule has 0 fully saturated rings. The summed E-state index contributed by atoms with van der Waals surface area (Å²) in [5.74, 6) is -0.896. The first-order valence-corrected chi connectivity index (χ1v) is 5.51. The molecule has 0 spiro atoms. The Balaban J connectivity index is 2.79. The Labute approximate surface area is 95.1 Å². The average molecular weight is 228 g/mol. The molecular formula is C12H18F2N2. The molecule has 0 saturated heterocycles. The number of benzene rings is 1. The fourth-order valence-electron chi connectivity index (χ4n) is 1.66. The van der Waals surface area contributed by atoms with Crippen LogP contribution in [0.15, 0.2) is 18.2 Å². The molecule has 0 bridgehead atoms. The third-order valence-electron chi connectivity index (χ3n) is 2.71. The second-order valence-corrected chi connectivity index (χ2v) is 3.76. The molecule has 0 aliphatic heterocycles. The van der Waals surface area contributed by atoms with Crippen molar-refractivity contribution in [3.63, 3.8) is 0 Å². The van der Waals surface area contributed by atoms with E-state index >= 15 is 0 Å². The van der Waals surface area contributed by atoms with Gasteiger partial charge >= 0.3 is 0 Å². The van der Waals surface area contributed by atoms with Crippen LogP contribution in [0.1, 0.15) is 25.5 Å². The fourth-order valence-corrected chi connectivity index (χ4v) is 1.66. The van der Waals surface area contributed by atoms with Crippen LogP contribution < -0.4 is 5.73 Å². The largest absolute Gasteiger partial charge is 0.323 e. The molecule has 1 rings (SSSR count). The number of hydrogen-bond acceptors (Lipinski definition) is 2. The summed E-state index contributed by atoms with van der Waals surface area (Å²) in [6.45, 7) is 6.26. The van der Waals surface area contributed by atoms with Crippen molar-refractivity contribution in [2.24, 2.45) is 5.73 Å². The molecule has 0 amide bonds. The van der Waals surface area contributed by atoms with E-state index < -0.39 is 17.7 Å². The molecule has 0 aromatic heterocycles. The molecule has 0 radical (unpaired) electrons. The predicted octanol–water partition coefficient (Wildman–Crippen LogP) is 2.31.